The number of halogens is 2. The van der Waals surface area contributed by atoms with Crippen molar-refractivity contribution in [3.8, 4) is 5.75 Å². The largest absolute Gasteiger partial charge is 0.507 e. The van der Waals surface area contributed by atoms with E-state index < -0.39 is 0 Å². The molecular weight excluding hydrogens is 452 g/mol. The summed E-state index contributed by atoms with van der Waals surface area (Å²) in [6, 6.07) is 13.8. The van der Waals surface area contributed by atoms with Gasteiger partial charge < -0.3 is 5.11 Å². The highest BCUT2D eigenvalue weighted by Gasteiger charge is 2.03. The molecule has 0 unspecified atom stereocenters. The first-order valence-electron chi connectivity index (χ1n) is 5.38. The van der Waals surface area contributed by atoms with E-state index in [1.807, 2.05) is 42.6 Å². The van der Waals surface area contributed by atoms with E-state index in [0.29, 0.717) is 12.3 Å². The summed E-state index contributed by atoms with van der Waals surface area (Å²) >= 11 is 4.36. The zero-order valence-corrected chi connectivity index (χ0v) is 13.8. The van der Waals surface area contributed by atoms with E-state index in [1.165, 1.54) is 5.56 Å². The number of aromatic hydroxyl groups is 1. The summed E-state index contributed by atoms with van der Waals surface area (Å²) < 4.78 is 1.95. The van der Waals surface area contributed by atoms with Crippen molar-refractivity contribution in [2.24, 2.45) is 4.99 Å². The molecule has 18 heavy (non-hydrogen) atoms. The maximum absolute atomic E-state index is 9.67. The van der Waals surface area contributed by atoms with Gasteiger partial charge in [-0.1, -0.05) is 30.3 Å². The Hall–Kier alpha value is -0.630. The lowest BCUT2D eigenvalue weighted by Gasteiger charge is -2.02. The van der Waals surface area contributed by atoms with Gasteiger partial charge in [0.2, 0.25) is 0 Å². The van der Waals surface area contributed by atoms with Crippen molar-refractivity contribution in [2.75, 3.05) is 0 Å². The molecule has 0 aromatic heterocycles. The van der Waals surface area contributed by atoms with Crippen molar-refractivity contribution in [3.63, 3.8) is 0 Å². The molecule has 0 bridgehead atoms. The van der Waals surface area contributed by atoms with Gasteiger partial charge in [-0.2, -0.15) is 0 Å². The minimum absolute atomic E-state index is 0.303. The van der Waals surface area contributed by atoms with Crippen molar-refractivity contribution in [3.05, 3.63) is 60.7 Å². The zero-order valence-electron chi connectivity index (χ0n) is 9.48. The fraction of sp³-hybridized carbons (Fsp3) is 0.0714. The molecule has 0 saturated heterocycles. The average molecular weight is 463 g/mol. The van der Waals surface area contributed by atoms with Gasteiger partial charge in [-0.15, -0.1) is 0 Å². The highest BCUT2D eigenvalue weighted by Crippen LogP contribution is 2.24. The number of aliphatic imine (C=N–C) groups is 1. The van der Waals surface area contributed by atoms with Gasteiger partial charge in [-0.3, -0.25) is 4.99 Å². The van der Waals surface area contributed by atoms with Crippen molar-refractivity contribution in [2.45, 2.75) is 6.54 Å². The molecule has 92 valence electrons. The van der Waals surface area contributed by atoms with E-state index in [0.717, 1.165) is 12.7 Å². The molecule has 2 nitrogen and oxygen atoms in total. The molecular formula is C14H11I2NO. The van der Waals surface area contributed by atoms with E-state index in [9.17, 15) is 5.11 Å². The maximum Gasteiger partial charge on any atom is 0.129 e. The van der Waals surface area contributed by atoms with Crippen LogP contribution in [0.3, 0.4) is 0 Å². The molecule has 0 aliphatic rings. The third-order valence-electron chi connectivity index (χ3n) is 2.41. The molecule has 0 radical (unpaired) electrons. The lowest BCUT2D eigenvalue weighted by Crippen LogP contribution is -1.90. The molecule has 2 aromatic rings. The highest BCUT2D eigenvalue weighted by molar-refractivity contribution is 14.1. The SMILES string of the molecule is Oc1cc(C=NCc2ccccc2)c(I)cc1I. The van der Waals surface area contributed by atoms with Crippen LogP contribution in [-0.4, -0.2) is 11.3 Å². The predicted octanol–water partition coefficient (Wildman–Crippen LogP) is 4.22. The van der Waals surface area contributed by atoms with Gasteiger partial charge in [-0.05, 0) is 62.9 Å². The van der Waals surface area contributed by atoms with E-state index in [1.54, 1.807) is 6.07 Å². The quantitative estimate of drug-likeness (QED) is 0.537. The van der Waals surface area contributed by atoms with Crippen LogP contribution in [0.2, 0.25) is 0 Å². The summed E-state index contributed by atoms with van der Waals surface area (Å²) in [5.74, 6) is 0.303. The third-order valence-corrected chi connectivity index (χ3v) is 4.21. The van der Waals surface area contributed by atoms with Crippen LogP contribution in [0.5, 0.6) is 5.75 Å². The second kappa shape index (κ2) is 6.51. The number of hydrogen-bond acceptors (Lipinski definition) is 2. The summed E-state index contributed by atoms with van der Waals surface area (Å²) in [4.78, 5) is 4.40. The minimum atomic E-state index is 0.303. The molecule has 2 rings (SSSR count). The van der Waals surface area contributed by atoms with Crippen molar-refractivity contribution in [1.82, 2.24) is 0 Å². The molecule has 0 spiro atoms. The summed E-state index contributed by atoms with van der Waals surface area (Å²) in [5, 5.41) is 9.67. The Labute approximate surface area is 133 Å². The number of hydrogen-bond donors (Lipinski definition) is 1. The Kier molecular flexibility index (Phi) is 4.99. The second-order valence-electron chi connectivity index (χ2n) is 3.78. The summed E-state index contributed by atoms with van der Waals surface area (Å²) in [7, 11) is 0. The highest BCUT2D eigenvalue weighted by atomic mass is 127. The van der Waals surface area contributed by atoms with Crippen LogP contribution in [0.4, 0.5) is 0 Å². The van der Waals surface area contributed by atoms with Gasteiger partial charge >= 0.3 is 0 Å². The zero-order chi connectivity index (χ0) is 13.0. The molecule has 0 saturated carbocycles. The molecule has 1 N–H and O–H groups in total. The van der Waals surface area contributed by atoms with Crippen LogP contribution >= 0.6 is 45.2 Å². The molecule has 0 heterocycles. The molecule has 0 fully saturated rings. The standard InChI is InChI=1S/C14H11I2NO/c15-12-7-13(16)14(18)6-11(12)9-17-8-10-4-2-1-3-5-10/h1-7,9,18H,8H2. The summed E-state index contributed by atoms with van der Waals surface area (Å²) in [6.45, 7) is 0.656. The topological polar surface area (TPSA) is 32.6 Å². The Morgan fingerprint density at radius 2 is 1.78 bits per heavy atom. The van der Waals surface area contributed by atoms with Crippen LogP contribution in [0, 0.1) is 7.14 Å². The van der Waals surface area contributed by atoms with E-state index in [2.05, 4.69) is 50.2 Å². The van der Waals surface area contributed by atoms with Gasteiger partial charge in [0.05, 0.1) is 10.1 Å². The number of phenols is 1. The van der Waals surface area contributed by atoms with Crippen LogP contribution in [0.25, 0.3) is 0 Å². The predicted molar refractivity (Wildman–Crippen MR) is 91.3 cm³/mol. The molecule has 0 aliphatic heterocycles. The molecule has 2 aromatic carbocycles. The Morgan fingerprint density at radius 1 is 1.06 bits per heavy atom. The van der Waals surface area contributed by atoms with Crippen LogP contribution in [-0.2, 0) is 6.54 Å². The maximum atomic E-state index is 9.67. The van der Waals surface area contributed by atoms with E-state index in [4.69, 9.17) is 0 Å². The Balaban J connectivity index is 2.12. The monoisotopic (exact) mass is 463 g/mol. The molecule has 0 atom stereocenters. The summed E-state index contributed by atoms with van der Waals surface area (Å²) in [6.07, 6.45) is 1.81. The van der Waals surface area contributed by atoms with E-state index >= 15 is 0 Å². The number of rotatable bonds is 3. The second-order valence-corrected chi connectivity index (χ2v) is 6.10. The van der Waals surface area contributed by atoms with Crippen LogP contribution in [0.15, 0.2) is 47.5 Å². The normalized spacial score (nSPS) is 11.0. The lowest BCUT2D eigenvalue weighted by atomic mass is 10.2. The fourth-order valence-electron chi connectivity index (χ4n) is 1.49. The smallest absolute Gasteiger partial charge is 0.129 e. The van der Waals surface area contributed by atoms with Gasteiger partial charge in [0.25, 0.3) is 0 Å². The fourth-order valence-corrected chi connectivity index (χ4v) is 3.15. The molecule has 0 amide bonds. The first kappa shape index (κ1) is 13.8. The lowest BCUT2D eigenvalue weighted by molar-refractivity contribution is 0.471. The third kappa shape index (κ3) is 3.68. The van der Waals surface area contributed by atoms with Gasteiger partial charge in [0, 0.05) is 15.3 Å². The average Bonchev–Trinajstić information content (AvgIpc) is 2.37. The van der Waals surface area contributed by atoms with E-state index in [-0.39, 0.29) is 0 Å². The number of nitrogens with zero attached hydrogens (tertiary/aromatic N) is 1. The van der Waals surface area contributed by atoms with Gasteiger partial charge in [0.1, 0.15) is 5.75 Å². The number of phenolic OH excluding ortho intramolecular Hbond substituents is 1. The Morgan fingerprint density at radius 3 is 2.50 bits per heavy atom. The van der Waals surface area contributed by atoms with Gasteiger partial charge in [0.15, 0.2) is 0 Å². The van der Waals surface area contributed by atoms with Crippen LogP contribution < -0.4 is 0 Å². The van der Waals surface area contributed by atoms with Crippen molar-refractivity contribution in [1.29, 1.82) is 0 Å². The Bertz CT molecular complexity index is 568. The molecule has 4 heteroatoms. The van der Waals surface area contributed by atoms with Gasteiger partial charge in [-0.25, -0.2) is 0 Å². The summed E-state index contributed by atoms with van der Waals surface area (Å²) in [5.41, 5.74) is 2.13. The molecule has 0 aliphatic carbocycles. The minimum Gasteiger partial charge on any atom is -0.507 e. The van der Waals surface area contributed by atoms with Crippen LogP contribution in [0.1, 0.15) is 11.1 Å². The van der Waals surface area contributed by atoms with Crippen molar-refractivity contribution >= 4 is 51.4 Å². The first-order valence-corrected chi connectivity index (χ1v) is 7.54. The number of benzene rings is 2. The van der Waals surface area contributed by atoms with Crippen molar-refractivity contribution < 1.29 is 5.11 Å². The first-order chi connectivity index (χ1) is 8.66.